The summed E-state index contributed by atoms with van der Waals surface area (Å²) in [5.41, 5.74) is 1.37. The first-order chi connectivity index (χ1) is 7.77. The predicted molar refractivity (Wildman–Crippen MR) is 72.4 cm³/mol. The van der Waals surface area contributed by atoms with E-state index in [0.717, 1.165) is 6.42 Å². The highest BCUT2D eigenvalue weighted by atomic mass is 79.9. The molecule has 3 heteroatoms. The van der Waals surface area contributed by atoms with Crippen molar-refractivity contribution in [3.63, 3.8) is 0 Å². The van der Waals surface area contributed by atoms with E-state index in [0.29, 0.717) is 4.83 Å². The smallest absolute Gasteiger partial charge is 0.131 e. The molecule has 1 aromatic heterocycles. The number of aromatic nitrogens is 1. The second kappa shape index (κ2) is 5.67. The fourth-order valence-electron chi connectivity index (χ4n) is 2.28. The van der Waals surface area contributed by atoms with E-state index < -0.39 is 0 Å². The maximum atomic E-state index is 4.56. The molecule has 2 nitrogen and oxygen atoms in total. The summed E-state index contributed by atoms with van der Waals surface area (Å²) in [7, 11) is 0. The molecule has 2 rings (SSSR count). The van der Waals surface area contributed by atoms with Crippen molar-refractivity contribution >= 4 is 21.7 Å². The molecule has 0 saturated carbocycles. The van der Waals surface area contributed by atoms with Crippen LogP contribution in [0.2, 0.25) is 0 Å². The average molecular weight is 283 g/mol. The minimum absolute atomic E-state index is 0.514. The van der Waals surface area contributed by atoms with Crippen molar-refractivity contribution in [2.45, 2.75) is 37.4 Å². The number of halogens is 1. The number of hydrogen-bond acceptors (Lipinski definition) is 2. The van der Waals surface area contributed by atoms with Crippen LogP contribution in [0, 0.1) is 0 Å². The Hall–Kier alpha value is -0.570. The number of anilines is 1. The van der Waals surface area contributed by atoms with E-state index in [1.165, 1.54) is 43.7 Å². The van der Waals surface area contributed by atoms with Crippen molar-refractivity contribution in [3.8, 4) is 0 Å². The molecule has 16 heavy (non-hydrogen) atoms. The first kappa shape index (κ1) is 11.9. The Morgan fingerprint density at radius 2 is 2.12 bits per heavy atom. The zero-order valence-corrected chi connectivity index (χ0v) is 11.4. The van der Waals surface area contributed by atoms with E-state index in [2.05, 4.69) is 38.8 Å². The zero-order chi connectivity index (χ0) is 11.4. The van der Waals surface area contributed by atoms with Crippen LogP contribution in [0.4, 0.5) is 5.82 Å². The minimum atomic E-state index is 0.514. The number of alkyl halides is 1. The molecule has 0 amide bonds. The molecule has 1 saturated heterocycles. The molecule has 1 unspecified atom stereocenters. The van der Waals surface area contributed by atoms with Gasteiger partial charge in [0.15, 0.2) is 0 Å². The molecule has 88 valence electrons. The summed E-state index contributed by atoms with van der Waals surface area (Å²) < 4.78 is 0. The molecular formula is C13H19BrN2. The number of piperidine rings is 1. The number of hydrogen-bond donors (Lipinski definition) is 0. The lowest BCUT2D eigenvalue weighted by Gasteiger charge is -2.29. The van der Waals surface area contributed by atoms with Gasteiger partial charge >= 0.3 is 0 Å². The van der Waals surface area contributed by atoms with Gasteiger partial charge in [0.1, 0.15) is 5.82 Å². The SMILES string of the molecule is CC(Br)Cc1cccnc1N1CCCCC1. The lowest BCUT2D eigenvalue weighted by atomic mass is 10.1. The van der Waals surface area contributed by atoms with Crippen molar-refractivity contribution in [1.29, 1.82) is 0 Å². The van der Waals surface area contributed by atoms with E-state index in [-0.39, 0.29) is 0 Å². The highest BCUT2D eigenvalue weighted by Gasteiger charge is 2.15. The summed E-state index contributed by atoms with van der Waals surface area (Å²) in [6.07, 6.45) is 6.94. The van der Waals surface area contributed by atoms with Crippen LogP contribution < -0.4 is 4.90 Å². The summed E-state index contributed by atoms with van der Waals surface area (Å²) in [6, 6.07) is 4.24. The molecule has 1 aliphatic heterocycles. The quantitative estimate of drug-likeness (QED) is 0.790. The molecule has 2 heterocycles. The Morgan fingerprint density at radius 1 is 1.38 bits per heavy atom. The normalized spacial score (nSPS) is 18.5. The largest absolute Gasteiger partial charge is 0.356 e. The number of pyridine rings is 1. The Balaban J connectivity index is 2.17. The van der Waals surface area contributed by atoms with Crippen LogP contribution in [0.1, 0.15) is 31.7 Å². The molecular weight excluding hydrogens is 264 g/mol. The lowest BCUT2D eigenvalue weighted by Crippen LogP contribution is -2.31. The Labute approximate surface area is 106 Å². The summed E-state index contributed by atoms with van der Waals surface area (Å²) >= 11 is 3.62. The molecule has 1 fully saturated rings. The maximum Gasteiger partial charge on any atom is 0.131 e. The first-order valence-electron chi connectivity index (χ1n) is 6.10. The van der Waals surface area contributed by atoms with Gasteiger partial charge < -0.3 is 4.90 Å². The monoisotopic (exact) mass is 282 g/mol. The van der Waals surface area contributed by atoms with Gasteiger partial charge in [0.25, 0.3) is 0 Å². The van der Waals surface area contributed by atoms with E-state index >= 15 is 0 Å². The number of rotatable bonds is 3. The molecule has 1 atom stereocenters. The summed E-state index contributed by atoms with van der Waals surface area (Å²) in [5.74, 6) is 1.20. The Kier molecular flexibility index (Phi) is 4.22. The van der Waals surface area contributed by atoms with Crippen LogP contribution in [0.3, 0.4) is 0 Å². The van der Waals surface area contributed by atoms with Crippen molar-refractivity contribution in [2.24, 2.45) is 0 Å². The molecule has 0 bridgehead atoms. The van der Waals surface area contributed by atoms with Crippen LogP contribution in [0.15, 0.2) is 18.3 Å². The third-order valence-corrected chi connectivity index (χ3v) is 3.35. The van der Waals surface area contributed by atoms with Crippen molar-refractivity contribution in [3.05, 3.63) is 23.9 Å². The van der Waals surface area contributed by atoms with Crippen molar-refractivity contribution in [1.82, 2.24) is 4.98 Å². The van der Waals surface area contributed by atoms with Gasteiger partial charge in [0.2, 0.25) is 0 Å². The highest BCUT2D eigenvalue weighted by Crippen LogP contribution is 2.23. The molecule has 0 aromatic carbocycles. The van der Waals surface area contributed by atoms with E-state index in [4.69, 9.17) is 0 Å². The van der Waals surface area contributed by atoms with Crippen molar-refractivity contribution in [2.75, 3.05) is 18.0 Å². The van der Waals surface area contributed by atoms with Gasteiger partial charge in [-0.15, -0.1) is 0 Å². The van der Waals surface area contributed by atoms with E-state index in [1.807, 2.05) is 12.3 Å². The molecule has 0 N–H and O–H groups in total. The summed E-state index contributed by atoms with van der Waals surface area (Å²) in [5, 5.41) is 0. The van der Waals surface area contributed by atoms with Crippen LogP contribution in [0.5, 0.6) is 0 Å². The second-order valence-corrected chi connectivity index (χ2v) is 6.08. The fourth-order valence-corrected chi connectivity index (χ4v) is 2.63. The highest BCUT2D eigenvalue weighted by molar-refractivity contribution is 9.09. The van der Waals surface area contributed by atoms with E-state index in [1.54, 1.807) is 0 Å². The Bertz CT molecular complexity index is 332. The van der Waals surface area contributed by atoms with Crippen LogP contribution in [-0.2, 0) is 6.42 Å². The van der Waals surface area contributed by atoms with Gasteiger partial charge in [-0.25, -0.2) is 4.98 Å². The fraction of sp³-hybridized carbons (Fsp3) is 0.615. The van der Waals surface area contributed by atoms with Crippen LogP contribution in [-0.4, -0.2) is 22.9 Å². The molecule has 0 radical (unpaired) electrons. The third kappa shape index (κ3) is 2.97. The molecule has 1 aliphatic rings. The van der Waals surface area contributed by atoms with Gasteiger partial charge in [0.05, 0.1) is 0 Å². The first-order valence-corrected chi connectivity index (χ1v) is 7.02. The van der Waals surface area contributed by atoms with Gasteiger partial charge in [-0.05, 0) is 37.3 Å². The third-order valence-electron chi connectivity index (χ3n) is 3.02. The van der Waals surface area contributed by atoms with Crippen LogP contribution in [0.25, 0.3) is 0 Å². The Morgan fingerprint density at radius 3 is 2.81 bits per heavy atom. The number of nitrogens with zero attached hydrogens (tertiary/aromatic N) is 2. The van der Waals surface area contributed by atoms with E-state index in [9.17, 15) is 0 Å². The van der Waals surface area contributed by atoms with Crippen molar-refractivity contribution < 1.29 is 0 Å². The van der Waals surface area contributed by atoms with Crippen LogP contribution >= 0.6 is 15.9 Å². The van der Waals surface area contributed by atoms with Gasteiger partial charge in [0, 0.05) is 24.1 Å². The maximum absolute atomic E-state index is 4.56. The van der Waals surface area contributed by atoms with Gasteiger partial charge in [-0.2, -0.15) is 0 Å². The summed E-state index contributed by atoms with van der Waals surface area (Å²) in [6.45, 7) is 4.52. The molecule has 0 aliphatic carbocycles. The standard InChI is InChI=1S/C13H19BrN2/c1-11(14)10-12-6-5-7-15-13(12)16-8-3-2-4-9-16/h5-7,11H,2-4,8-10H2,1H3. The zero-order valence-electron chi connectivity index (χ0n) is 9.82. The van der Waals surface area contributed by atoms with Gasteiger partial charge in [-0.3, -0.25) is 0 Å². The summed E-state index contributed by atoms with van der Waals surface area (Å²) in [4.78, 5) is 7.51. The molecule has 0 spiro atoms. The predicted octanol–water partition coefficient (Wildman–Crippen LogP) is 3.40. The minimum Gasteiger partial charge on any atom is -0.356 e. The molecule has 1 aromatic rings. The topological polar surface area (TPSA) is 16.1 Å². The lowest BCUT2D eigenvalue weighted by molar-refractivity contribution is 0.571. The van der Waals surface area contributed by atoms with Gasteiger partial charge in [-0.1, -0.05) is 28.9 Å². The second-order valence-electron chi connectivity index (χ2n) is 4.52. The average Bonchev–Trinajstić information content (AvgIpc) is 2.30.